The second-order valence-electron chi connectivity index (χ2n) is 4.69. The lowest BCUT2D eigenvalue weighted by atomic mass is 10.0. The van der Waals surface area contributed by atoms with Crippen molar-refractivity contribution in [1.82, 2.24) is 20.2 Å². The minimum absolute atomic E-state index is 0.0347. The number of rotatable bonds is 6. The van der Waals surface area contributed by atoms with E-state index in [-0.39, 0.29) is 12.3 Å². The molecule has 0 bridgehead atoms. The summed E-state index contributed by atoms with van der Waals surface area (Å²) in [4.78, 5) is 10.8. The lowest BCUT2D eigenvalue weighted by Gasteiger charge is -2.13. The first kappa shape index (κ1) is 15.7. The third kappa shape index (κ3) is 3.92. The van der Waals surface area contributed by atoms with Crippen molar-refractivity contribution in [3.05, 3.63) is 28.2 Å². The van der Waals surface area contributed by atoms with Gasteiger partial charge in [-0.3, -0.25) is 4.79 Å². The molecular weight excluding hydrogens is 315 g/mol. The molecule has 6 nitrogen and oxygen atoms in total. The summed E-state index contributed by atoms with van der Waals surface area (Å²) >= 11 is 11.9. The minimum atomic E-state index is -0.828. The van der Waals surface area contributed by atoms with Gasteiger partial charge in [0, 0.05) is 18.5 Å². The molecule has 2 rings (SSSR count). The van der Waals surface area contributed by atoms with Crippen molar-refractivity contribution in [1.29, 1.82) is 0 Å². The molecule has 0 aliphatic rings. The van der Waals surface area contributed by atoms with E-state index in [9.17, 15) is 4.79 Å². The summed E-state index contributed by atoms with van der Waals surface area (Å²) in [5.74, 6) is -0.323. The van der Waals surface area contributed by atoms with Crippen LogP contribution >= 0.6 is 23.2 Å². The molecule has 1 heterocycles. The van der Waals surface area contributed by atoms with Gasteiger partial charge in [0.05, 0.1) is 10.0 Å². The Morgan fingerprint density at radius 1 is 1.38 bits per heavy atom. The summed E-state index contributed by atoms with van der Waals surface area (Å²) < 4.78 is 1.59. The number of hydrogen-bond donors (Lipinski definition) is 1. The normalized spacial score (nSPS) is 12.3. The molecular formula is C13H14Cl2N4O2. The van der Waals surface area contributed by atoms with Crippen LogP contribution in [0, 0.1) is 5.92 Å². The smallest absolute Gasteiger partial charge is 0.303 e. The van der Waals surface area contributed by atoms with Crippen LogP contribution in [0.5, 0.6) is 0 Å². The predicted octanol–water partition coefficient (Wildman–Crippen LogP) is 3.15. The summed E-state index contributed by atoms with van der Waals surface area (Å²) in [6, 6.07) is 5.13. The molecule has 0 fully saturated rings. The number of aromatic nitrogens is 4. The molecule has 0 spiro atoms. The maximum Gasteiger partial charge on any atom is 0.303 e. The van der Waals surface area contributed by atoms with Crippen molar-refractivity contribution in [3.8, 4) is 11.4 Å². The molecule has 2 aromatic rings. The summed E-state index contributed by atoms with van der Waals surface area (Å²) in [5, 5.41) is 21.3. The first-order chi connectivity index (χ1) is 10.0. The first-order valence-electron chi connectivity index (χ1n) is 6.44. The van der Waals surface area contributed by atoms with E-state index < -0.39 is 5.97 Å². The van der Waals surface area contributed by atoms with Gasteiger partial charge in [-0.2, -0.15) is 0 Å². The van der Waals surface area contributed by atoms with Gasteiger partial charge in [0.2, 0.25) is 0 Å². The molecule has 0 aliphatic carbocycles. The Labute approximate surface area is 131 Å². The number of carboxylic acids is 1. The average molecular weight is 329 g/mol. The average Bonchev–Trinajstić information content (AvgIpc) is 2.88. The van der Waals surface area contributed by atoms with Crippen molar-refractivity contribution in [3.63, 3.8) is 0 Å². The van der Waals surface area contributed by atoms with Gasteiger partial charge >= 0.3 is 5.97 Å². The Balaban J connectivity index is 2.25. The Kier molecular flexibility index (Phi) is 5.14. The monoisotopic (exact) mass is 328 g/mol. The topological polar surface area (TPSA) is 80.9 Å². The van der Waals surface area contributed by atoms with E-state index in [0.717, 1.165) is 12.0 Å². The van der Waals surface area contributed by atoms with Gasteiger partial charge in [-0.1, -0.05) is 36.5 Å². The lowest BCUT2D eigenvalue weighted by Crippen LogP contribution is -2.16. The number of halogens is 2. The highest BCUT2D eigenvalue weighted by atomic mass is 35.5. The Morgan fingerprint density at radius 2 is 2.14 bits per heavy atom. The largest absolute Gasteiger partial charge is 0.481 e. The highest BCUT2D eigenvalue weighted by Crippen LogP contribution is 2.27. The number of carboxylic acid groups (broad SMARTS) is 1. The van der Waals surface area contributed by atoms with E-state index in [1.165, 1.54) is 0 Å². The van der Waals surface area contributed by atoms with E-state index in [4.69, 9.17) is 28.3 Å². The molecule has 1 aromatic carbocycles. The second kappa shape index (κ2) is 6.87. The molecule has 1 N–H and O–H groups in total. The Morgan fingerprint density at radius 3 is 2.76 bits per heavy atom. The molecule has 1 aromatic heterocycles. The molecule has 0 saturated carbocycles. The van der Waals surface area contributed by atoms with Gasteiger partial charge in [-0.05, 0) is 34.5 Å². The SMILES string of the molecule is CCC(CC(=O)O)Cn1nnnc1-c1ccc(Cl)c(Cl)c1. The number of aliphatic carboxylic acids is 1. The molecule has 8 heteroatoms. The van der Waals surface area contributed by atoms with Crippen LogP contribution < -0.4 is 0 Å². The van der Waals surface area contributed by atoms with Gasteiger partial charge < -0.3 is 5.11 Å². The third-order valence-corrected chi connectivity index (χ3v) is 3.92. The first-order valence-corrected chi connectivity index (χ1v) is 7.20. The van der Waals surface area contributed by atoms with Gasteiger partial charge in [0.1, 0.15) is 0 Å². The zero-order valence-corrected chi connectivity index (χ0v) is 12.8. The molecule has 1 atom stereocenters. The molecule has 21 heavy (non-hydrogen) atoms. The quantitative estimate of drug-likeness (QED) is 0.880. The predicted molar refractivity (Wildman–Crippen MR) is 79.3 cm³/mol. The second-order valence-corrected chi connectivity index (χ2v) is 5.50. The van der Waals surface area contributed by atoms with E-state index in [0.29, 0.717) is 22.4 Å². The fourth-order valence-electron chi connectivity index (χ4n) is 2.00. The van der Waals surface area contributed by atoms with Gasteiger partial charge in [-0.25, -0.2) is 4.68 Å². The molecule has 0 saturated heterocycles. The Hall–Kier alpha value is -1.66. The fourth-order valence-corrected chi connectivity index (χ4v) is 2.30. The number of hydrogen-bond acceptors (Lipinski definition) is 4. The molecule has 0 aliphatic heterocycles. The molecule has 0 radical (unpaired) electrons. The van der Waals surface area contributed by atoms with Crippen LogP contribution in [0.2, 0.25) is 10.0 Å². The van der Waals surface area contributed by atoms with Crippen LogP contribution in [-0.2, 0) is 11.3 Å². The lowest BCUT2D eigenvalue weighted by molar-refractivity contribution is -0.138. The standard InChI is InChI=1S/C13H14Cl2N4O2/c1-2-8(5-12(20)21)7-19-13(16-17-18-19)9-3-4-10(14)11(15)6-9/h3-4,6,8H,2,5,7H2,1H3,(H,20,21). The van der Waals surface area contributed by atoms with E-state index in [1.54, 1.807) is 22.9 Å². The number of nitrogens with zero attached hydrogens (tertiary/aromatic N) is 4. The van der Waals surface area contributed by atoms with E-state index in [2.05, 4.69) is 15.5 Å². The van der Waals surface area contributed by atoms with Crippen molar-refractivity contribution in [2.24, 2.45) is 5.92 Å². The van der Waals surface area contributed by atoms with Crippen molar-refractivity contribution < 1.29 is 9.90 Å². The van der Waals surface area contributed by atoms with Crippen LogP contribution in [-0.4, -0.2) is 31.3 Å². The summed E-state index contributed by atoms with van der Waals surface area (Å²) in [7, 11) is 0. The van der Waals surface area contributed by atoms with Crippen LogP contribution in [0.25, 0.3) is 11.4 Å². The van der Waals surface area contributed by atoms with Crippen molar-refractivity contribution >= 4 is 29.2 Å². The van der Waals surface area contributed by atoms with Gasteiger partial charge in [-0.15, -0.1) is 5.10 Å². The maximum atomic E-state index is 10.8. The third-order valence-electron chi connectivity index (χ3n) is 3.18. The summed E-state index contributed by atoms with van der Waals surface area (Å²) in [5.41, 5.74) is 0.736. The maximum absolute atomic E-state index is 10.8. The van der Waals surface area contributed by atoms with Crippen LogP contribution in [0.1, 0.15) is 19.8 Å². The zero-order chi connectivity index (χ0) is 15.4. The number of carbonyl (C=O) groups is 1. The van der Waals surface area contributed by atoms with Crippen molar-refractivity contribution in [2.45, 2.75) is 26.3 Å². The van der Waals surface area contributed by atoms with E-state index >= 15 is 0 Å². The van der Waals surface area contributed by atoms with Crippen LogP contribution in [0.3, 0.4) is 0 Å². The number of tetrazole rings is 1. The molecule has 1 unspecified atom stereocenters. The molecule has 112 valence electrons. The summed E-state index contributed by atoms with van der Waals surface area (Å²) in [6.45, 7) is 2.38. The van der Waals surface area contributed by atoms with E-state index in [1.807, 2.05) is 6.92 Å². The zero-order valence-electron chi connectivity index (χ0n) is 11.3. The Bertz CT molecular complexity index is 645. The van der Waals surface area contributed by atoms with Gasteiger partial charge in [0.15, 0.2) is 5.82 Å². The minimum Gasteiger partial charge on any atom is -0.481 e. The number of benzene rings is 1. The van der Waals surface area contributed by atoms with Crippen LogP contribution in [0.4, 0.5) is 0 Å². The highest BCUT2D eigenvalue weighted by Gasteiger charge is 2.17. The van der Waals surface area contributed by atoms with Gasteiger partial charge in [0.25, 0.3) is 0 Å². The molecule has 0 amide bonds. The highest BCUT2D eigenvalue weighted by molar-refractivity contribution is 6.42. The fraction of sp³-hybridized carbons (Fsp3) is 0.385. The van der Waals surface area contributed by atoms with Crippen LogP contribution in [0.15, 0.2) is 18.2 Å². The summed E-state index contributed by atoms with van der Waals surface area (Å²) in [6.07, 6.45) is 0.810. The van der Waals surface area contributed by atoms with Crippen molar-refractivity contribution in [2.75, 3.05) is 0 Å².